The van der Waals surface area contributed by atoms with Gasteiger partial charge in [-0.3, -0.25) is 0 Å². The Balaban J connectivity index is 2.53. The van der Waals surface area contributed by atoms with Crippen LogP contribution in [0.4, 0.5) is 0 Å². The highest BCUT2D eigenvalue weighted by molar-refractivity contribution is 7.98. The highest BCUT2D eigenvalue weighted by Crippen LogP contribution is 2.39. The van der Waals surface area contributed by atoms with E-state index in [9.17, 15) is 0 Å². The number of nitrogens with one attached hydrogen (secondary N) is 1. The third kappa shape index (κ3) is 6.50. The second-order valence-electron chi connectivity index (χ2n) is 6.95. The Morgan fingerprint density at radius 2 is 1.95 bits per heavy atom. The summed E-state index contributed by atoms with van der Waals surface area (Å²) in [6, 6.07) is 0.604. The molecule has 19 heavy (non-hydrogen) atoms. The molecule has 0 radical (unpaired) electrons. The highest BCUT2D eigenvalue weighted by atomic mass is 32.2. The molecule has 1 aliphatic carbocycles. The molecule has 0 bridgehead atoms. The number of nitrogens with zero attached hydrogens (tertiary/aromatic N) is 1. The second kappa shape index (κ2) is 8.53. The van der Waals surface area contributed by atoms with E-state index in [-0.39, 0.29) is 0 Å². The van der Waals surface area contributed by atoms with Gasteiger partial charge in [-0.05, 0) is 37.5 Å². The molecule has 0 aliphatic heterocycles. The summed E-state index contributed by atoms with van der Waals surface area (Å²) in [5, 5.41) is 3.70. The van der Waals surface area contributed by atoms with Crippen molar-refractivity contribution in [2.24, 2.45) is 11.3 Å². The molecule has 1 N–H and O–H groups in total. The van der Waals surface area contributed by atoms with E-state index >= 15 is 0 Å². The van der Waals surface area contributed by atoms with Crippen LogP contribution in [0.2, 0.25) is 0 Å². The molecule has 114 valence electrons. The zero-order chi connectivity index (χ0) is 14.3. The summed E-state index contributed by atoms with van der Waals surface area (Å²) >= 11 is 1.95. The largest absolute Gasteiger partial charge is 0.314 e. The normalized spacial score (nSPS) is 28.3. The van der Waals surface area contributed by atoms with Crippen molar-refractivity contribution >= 4 is 11.8 Å². The summed E-state index contributed by atoms with van der Waals surface area (Å²) in [5.74, 6) is 2.18. The first-order valence-corrected chi connectivity index (χ1v) is 9.28. The van der Waals surface area contributed by atoms with Crippen LogP contribution in [0.25, 0.3) is 0 Å². The summed E-state index contributed by atoms with van der Waals surface area (Å²) in [6.07, 6.45) is 7.83. The van der Waals surface area contributed by atoms with Gasteiger partial charge in [0, 0.05) is 31.4 Å². The molecule has 0 spiro atoms. The molecule has 0 heterocycles. The lowest BCUT2D eigenvalue weighted by atomic mass is 9.70. The van der Waals surface area contributed by atoms with E-state index in [1.807, 2.05) is 11.8 Å². The average Bonchev–Trinajstić information content (AvgIpc) is 2.37. The van der Waals surface area contributed by atoms with Crippen molar-refractivity contribution in [2.75, 3.05) is 38.7 Å². The Labute approximate surface area is 125 Å². The standard InChI is InChI=1S/C16H34N2S/c1-14(2)17-12-16(8-6-15(3)7-9-16)13-18(4)10-11-19-5/h14-15,17H,6-13H2,1-5H3. The van der Waals surface area contributed by atoms with Crippen LogP contribution >= 0.6 is 11.8 Å². The zero-order valence-electron chi connectivity index (χ0n) is 13.7. The first-order chi connectivity index (χ1) is 8.97. The van der Waals surface area contributed by atoms with Gasteiger partial charge in [0.05, 0.1) is 0 Å². The zero-order valence-corrected chi connectivity index (χ0v) is 14.5. The first kappa shape index (κ1) is 17.3. The van der Waals surface area contributed by atoms with Crippen LogP contribution in [0.15, 0.2) is 0 Å². The Morgan fingerprint density at radius 3 is 2.47 bits per heavy atom. The van der Waals surface area contributed by atoms with Crippen molar-refractivity contribution in [2.45, 2.75) is 52.5 Å². The van der Waals surface area contributed by atoms with E-state index < -0.39 is 0 Å². The van der Waals surface area contributed by atoms with Crippen LogP contribution in [0, 0.1) is 11.3 Å². The van der Waals surface area contributed by atoms with E-state index in [1.54, 1.807) is 0 Å². The maximum absolute atomic E-state index is 3.70. The predicted molar refractivity (Wildman–Crippen MR) is 89.1 cm³/mol. The third-order valence-corrected chi connectivity index (χ3v) is 5.09. The number of thioether (sulfide) groups is 1. The average molecular weight is 287 g/mol. The molecule has 2 nitrogen and oxygen atoms in total. The Bertz CT molecular complexity index is 235. The lowest BCUT2D eigenvalue weighted by Crippen LogP contribution is -2.47. The molecular formula is C16H34N2S. The van der Waals surface area contributed by atoms with E-state index in [0.29, 0.717) is 11.5 Å². The van der Waals surface area contributed by atoms with Crippen LogP contribution < -0.4 is 5.32 Å². The number of hydrogen-bond donors (Lipinski definition) is 1. The summed E-state index contributed by atoms with van der Waals surface area (Å²) < 4.78 is 0. The van der Waals surface area contributed by atoms with E-state index in [1.165, 1.54) is 51.1 Å². The molecule has 1 rings (SSSR count). The Morgan fingerprint density at radius 1 is 1.32 bits per heavy atom. The molecule has 0 unspecified atom stereocenters. The van der Waals surface area contributed by atoms with E-state index in [0.717, 1.165) is 5.92 Å². The fraction of sp³-hybridized carbons (Fsp3) is 1.00. The topological polar surface area (TPSA) is 15.3 Å². The maximum Gasteiger partial charge on any atom is 0.00694 e. The highest BCUT2D eigenvalue weighted by Gasteiger charge is 2.34. The van der Waals surface area contributed by atoms with Crippen molar-refractivity contribution in [1.29, 1.82) is 0 Å². The minimum atomic E-state index is 0.518. The van der Waals surface area contributed by atoms with Crippen molar-refractivity contribution in [3.05, 3.63) is 0 Å². The van der Waals surface area contributed by atoms with Gasteiger partial charge in [-0.15, -0.1) is 0 Å². The predicted octanol–water partition coefficient (Wildman–Crippen LogP) is 3.48. The Kier molecular flexibility index (Phi) is 7.78. The van der Waals surface area contributed by atoms with Crippen molar-refractivity contribution in [3.63, 3.8) is 0 Å². The van der Waals surface area contributed by atoms with Crippen molar-refractivity contribution in [3.8, 4) is 0 Å². The van der Waals surface area contributed by atoms with Crippen molar-refractivity contribution in [1.82, 2.24) is 10.2 Å². The number of rotatable bonds is 8. The molecule has 1 saturated carbocycles. The number of hydrogen-bond acceptors (Lipinski definition) is 3. The van der Waals surface area contributed by atoms with E-state index in [2.05, 4.69) is 44.3 Å². The molecular weight excluding hydrogens is 252 g/mol. The van der Waals surface area contributed by atoms with Gasteiger partial charge in [-0.25, -0.2) is 0 Å². The molecule has 1 fully saturated rings. The van der Waals surface area contributed by atoms with Crippen LogP contribution in [0.5, 0.6) is 0 Å². The van der Waals surface area contributed by atoms with Crippen molar-refractivity contribution < 1.29 is 0 Å². The smallest absolute Gasteiger partial charge is 0.00694 e. The summed E-state index contributed by atoms with van der Waals surface area (Å²) in [6.45, 7) is 10.6. The van der Waals surface area contributed by atoms with Gasteiger partial charge in [0.2, 0.25) is 0 Å². The van der Waals surface area contributed by atoms with E-state index in [4.69, 9.17) is 0 Å². The fourth-order valence-electron chi connectivity index (χ4n) is 3.08. The lowest BCUT2D eigenvalue weighted by Gasteiger charge is -2.42. The molecule has 1 aliphatic rings. The molecule has 0 atom stereocenters. The minimum absolute atomic E-state index is 0.518. The van der Waals surface area contributed by atoms with Gasteiger partial charge < -0.3 is 10.2 Å². The molecule has 0 aromatic heterocycles. The maximum atomic E-state index is 3.70. The van der Waals surface area contributed by atoms with Crippen LogP contribution in [-0.4, -0.2) is 49.6 Å². The molecule has 0 aromatic carbocycles. The third-order valence-electron chi connectivity index (χ3n) is 4.50. The van der Waals surface area contributed by atoms with Crippen LogP contribution in [-0.2, 0) is 0 Å². The van der Waals surface area contributed by atoms with Gasteiger partial charge >= 0.3 is 0 Å². The molecule has 3 heteroatoms. The first-order valence-electron chi connectivity index (χ1n) is 7.88. The summed E-state index contributed by atoms with van der Waals surface area (Å²) in [7, 11) is 2.30. The van der Waals surface area contributed by atoms with Gasteiger partial charge in [0.15, 0.2) is 0 Å². The fourth-order valence-corrected chi connectivity index (χ4v) is 3.58. The SMILES string of the molecule is CSCCN(C)CC1(CNC(C)C)CCC(C)CC1. The molecule has 0 saturated heterocycles. The monoisotopic (exact) mass is 286 g/mol. The molecule has 0 amide bonds. The second-order valence-corrected chi connectivity index (χ2v) is 7.93. The van der Waals surface area contributed by atoms with Gasteiger partial charge in [-0.1, -0.05) is 33.6 Å². The minimum Gasteiger partial charge on any atom is -0.314 e. The van der Waals surface area contributed by atoms with Gasteiger partial charge in [0.1, 0.15) is 0 Å². The lowest BCUT2D eigenvalue weighted by molar-refractivity contribution is 0.0995. The molecule has 0 aromatic rings. The van der Waals surface area contributed by atoms with Gasteiger partial charge in [0.25, 0.3) is 0 Å². The Hall–Kier alpha value is 0.270. The summed E-state index contributed by atoms with van der Waals surface area (Å²) in [5.41, 5.74) is 0.518. The summed E-state index contributed by atoms with van der Waals surface area (Å²) in [4.78, 5) is 2.55. The van der Waals surface area contributed by atoms with Crippen LogP contribution in [0.1, 0.15) is 46.5 Å². The van der Waals surface area contributed by atoms with Crippen LogP contribution in [0.3, 0.4) is 0 Å². The quantitative estimate of drug-likeness (QED) is 0.735. The van der Waals surface area contributed by atoms with Gasteiger partial charge in [-0.2, -0.15) is 11.8 Å².